The van der Waals surface area contributed by atoms with E-state index in [1.54, 1.807) is 0 Å². The molecule has 3 nitrogen and oxygen atoms in total. The van der Waals surface area contributed by atoms with Crippen molar-refractivity contribution in [3.63, 3.8) is 0 Å². The van der Waals surface area contributed by atoms with E-state index in [9.17, 15) is 4.79 Å². The maximum absolute atomic E-state index is 11.7. The summed E-state index contributed by atoms with van der Waals surface area (Å²) in [5, 5.41) is 3.68. The van der Waals surface area contributed by atoms with Gasteiger partial charge < -0.3 is 10.1 Å². The zero-order chi connectivity index (χ0) is 16.2. The number of aryl methyl sites for hydroxylation is 1. The van der Waals surface area contributed by atoms with Crippen molar-refractivity contribution in [2.45, 2.75) is 58.8 Å². The number of carbonyl (C=O) groups excluding carboxylic acids is 1. The van der Waals surface area contributed by atoms with Gasteiger partial charge in [-0.25, -0.2) is 0 Å². The van der Waals surface area contributed by atoms with Crippen LogP contribution in [0.2, 0.25) is 5.02 Å². The van der Waals surface area contributed by atoms with Gasteiger partial charge in [0.2, 0.25) is 5.91 Å². The van der Waals surface area contributed by atoms with Crippen LogP contribution in [0.3, 0.4) is 0 Å². The largest absolute Gasteiger partial charge is 0.493 e. The highest BCUT2D eigenvalue weighted by Crippen LogP contribution is 2.21. The molecule has 0 saturated heterocycles. The molecule has 22 heavy (non-hydrogen) atoms. The zero-order valence-corrected chi connectivity index (χ0v) is 14.5. The molecule has 0 aliphatic carbocycles. The fourth-order valence-electron chi connectivity index (χ4n) is 2.23. The monoisotopic (exact) mass is 325 g/mol. The summed E-state index contributed by atoms with van der Waals surface area (Å²) in [6.07, 6.45) is 7.32. The van der Waals surface area contributed by atoms with E-state index in [2.05, 4.69) is 12.2 Å². The van der Waals surface area contributed by atoms with Crippen LogP contribution in [-0.4, -0.2) is 19.1 Å². The van der Waals surface area contributed by atoms with Gasteiger partial charge in [-0.2, -0.15) is 0 Å². The van der Waals surface area contributed by atoms with Crippen LogP contribution in [0.1, 0.15) is 57.4 Å². The molecule has 124 valence electrons. The molecule has 0 heterocycles. The third-order valence-corrected chi connectivity index (χ3v) is 3.78. The van der Waals surface area contributed by atoms with Gasteiger partial charge in [0.05, 0.1) is 6.61 Å². The number of unbranched alkanes of at least 4 members (excludes halogenated alkanes) is 4. The summed E-state index contributed by atoms with van der Waals surface area (Å²) in [4.78, 5) is 11.7. The van der Waals surface area contributed by atoms with Gasteiger partial charge in [-0.3, -0.25) is 4.79 Å². The Morgan fingerprint density at radius 3 is 2.68 bits per heavy atom. The molecule has 0 aromatic heterocycles. The minimum Gasteiger partial charge on any atom is -0.493 e. The van der Waals surface area contributed by atoms with Crippen LogP contribution in [0, 0.1) is 6.92 Å². The van der Waals surface area contributed by atoms with Gasteiger partial charge in [-0.05, 0) is 43.5 Å². The SMILES string of the molecule is CCCCCCCNC(=O)CCCOc1ccc(Cl)cc1C. The smallest absolute Gasteiger partial charge is 0.220 e. The number of halogens is 1. The molecule has 0 atom stereocenters. The van der Waals surface area contributed by atoms with Crippen LogP contribution in [-0.2, 0) is 4.79 Å². The minimum absolute atomic E-state index is 0.118. The van der Waals surface area contributed by atoms with E-state index in [4.69, 9.17) is 16.3 Å². The van der Waals surface area contributed by atoms with Crippen LogP contribution in [0.25, 0.3) is 0 Å². The summed E-state index contributed by atoms with van der Waals surface area (Å²) in [6, 6.07) is 5.56. The van der Waals surface area contributed by atoms with Crippen molar-refractivity contribution in [2.24, 2.45) is 0 Å². The molecule has 1 amide bonds. The van der Waals surface area contributed by atoms with Crippen molar-refractivity contribution >= 4 is 17.5 Å². The highest BCUT2D eigenvalue weighted by atomic mass is 35.5. The highest BCUT2D eigenvalue weighted by Gasteiger charge is 2.03. The van der Waals surface area contributed by atoms with Crippen molar-refractivity contribution in [1.29, 1.82) is 0 Å². The molecule has 4 heteroatoms. The Bertz CT molecular complexity index is 449. The number of nitrogens with one attached hydrogen (secondary N) is 1. The van der Waals surface area contributed by atoms with Gasteiger partial charge in [0.15, 0.2) is 0 Å². The fourth-order valence-corrected chi connectivity index (χ4v) is 2.46. The van der Waals surface area contributed by atoms with Crippen LogP contribution in [0.4, 0.5) is 0 Å². The van der Waals surface area contributed by atoms with E-state index < -0.39 is 0 Å². The fraction of sp³-hybridized carbons (Fsp3) is 0.611. The second-order valence-electron chi connectivity index (χ2n) is 5.63. The van der Waals surface area contributed by atoms with Crippen LogP contribution < -0.4 is 10.1 Å². The van der Waals surface area contributed by atoms with Gasteiger partial charge in [0.1, 0.15) is 5.75 Å². The lowest BCUT2D eigenvalue weighted by Crippen LogP contribution is -2.24. The van der Waals surface area contributed by atoms with Crippen molar-refractivity contribution in [3.05, 3.63) is 28.8 Å². The third kappa shape index (κ3) is 8.28. The molecule has 0 aliphatic rings. The summed E-state index contributed by atoms with van der Waals surface area (Å²) in [6.45, 7) is 5.51. The summed E-state index contributed by atoms with van der Waals surface area (Å²) in [5.74, 6) is 0.952. The Kier molecular flexibility index (Phi) is 9.72. The van der Waals surface area contributed by atoms with E-state index in [0.717, 1.165) is 30.7 Å². The van der Waals surface area contributed by atoms with Crippen molar-refractivity contribution in [3.8, 4) is 5.75 Å². The number of benzene rings is 1. The Balaban J connectivity index is 2.05. The maximum atomic E-state index is 11.7. The van der Waals surface area contributed by atoms with Gasteiger partial charge in [0, 0.05) is 18.0 Å². The lowest BCUT2D eigenvalue weighted by atomic mass is 10.1. The highest BCUT2D eigenvalue weighted by molar-refractivity contribution is 6.30. The number of rotatable bonds is 11. The topological polar surface area (TPSA) is 38.3 Å². The van der Waals surface area contributed by atoms with Crippen molar-refractivity contribution in [2.75, 3.05) is 13.2 Å². The number of carbonyl (C=O) groups is 1. The Hall–Kier alpha value is -1.22. The van der Waals surface area contributed by atoms with E-state index in [0.29, 0.717) is 18.1 Å². The second-order valence-corrected chi connectivity index (χ2v) is 6.06. The Morgan fingerprint density at radius 2 is 1.95 bits per heavy atom. The molecule has 0 radical (unpaired) electrons. The number of hydrogen-bond donors (Lipinski definition) is 1. The minimum atomic E-state index is 0.118. The van der Waals surface area contributed by atoms with Crippen LogP contribution >= 0.6 is 11.6 Å². The molecule has 0 spiro atoms. The molecule has 1 N–H and O–H groups in total. The molecule has 0 saturated carbocycles. The molecule has 1 rings (SSSR count). The summed E-state index contributed by atoms with van der Waals surface area (Å²) >= 11 is 5.90. The lowest BCUT2D eigenvalue weighted by Gasteiger charge is -2.09. The van der Waals surface area contributed by atoms with Gasteiger partial charge in [-0.1, -0.05) is 44.2 Å². The first-order valence-electron chi connectivity index (χ1n) is 8.29. The third-order valence-electron chi connectivity index (χ3n) is 3.55. The van der Waals surface area contributed by atoms with Gasteiger partial charge in [0.25, 0.3) is 0 Å². The normalized spacial score (nSPS) is 10.5. The molecule has 1 aromatic carbocycles. The average molecular weight is 326 g/mol. The first kappa shape index (κ1) is 18.8. The maximum Gasteiger partial charge on any atom is 0.220 e. The zero-order valence-electron chi connectivity index (χ0n) is 13.8. The van der Waals surface area contributed by atoms with Gasteiger partial charge in [-0.15, -0.1) is 0 Å². The Morgan fingerprint density at radius 1 is 1.18 bits per heavy atom. The van der Waals surface area contributed by atoms with Crippen LogP contribution in [0.5, 0.6) is 5.75 Å². The van der Waals surface area contributed by atoms with E-state index in [1.807, 2.05) is 25.1 Å². The van der Waals surface area contributed by atoms with E-state index >= 15 is 0 Å². The predicted octanol–water partition coefficient (Wildman–Crippen LogP) is 4.89. The standard InChI is InChI=1S/C18H28ClNO2/c1-3-4-5-6-7-12-20-18(21)9-8-13-22-17-11-10-16(19)14-15(17)2/h10-11,14H,3-9,12-13H2,1-2H3,(H,20,21). The predicted molar refractivity (Wildman–Crippen MR) is 92.7 cm³/mol. The molecule has 0 fully saturated rings. The second kappa shape index (κ2) is 11.4. The quantitative estimate of drug-likeness (QED) is 0.588. The Labute approximate surface area is 139 Å². The van der Waals surface area contributed by atoms with Gasteiger partial charge >= 0.3 is 0 Å². The number of amides is 1. The summed E-state index contributed by atoms with van der Waals surface area (Å²) in [7, 11) is 0. The number of ether oxygens (including phenoxy) is 1. The molecule has 0 bridgehead atoms. The summed E-state index contributed by atoms with van der Waals surface area (Å²) < 4.78 is 5.67. The van der Waals surface area contributed by atoms with Crippen LogP contribution in [0.15, 0.2) is 18.2 Å². The number of hydrogen-bond acceptors (Lipinski definition) is 2. The molecular formula is C18H28ClNO2. The molecule has 0 unspecified atom stereocenters. The molecule has 1 aromatic rings. The first-order valence-corrected chi connectivity index (χ1v) is 8.67. The first-order chi connectivity index (χ1) is 10.6. The average Bonchev–Trinajstić information content (AvgIpc) is 2.49. The van der Waals surface area contributed by atoms with Crippen molar-refractivity contribution in [1.82, 2.24) is 5.32 Å². The molecular weight excluding hydrogens is 298 g/mol. The molecule has 0 aliphatic heterocycles. The van der Waals surface area contributed by atoms with Crippen molar-refractivity contribution < 1.29 is 9.53 Å². The lowest BCUT2D eigenvalue weighted by molar-refractivity contribution is -0.121. The van der Waals surface area contributed by atoms with E-state index in [-0.39, 0.29) is 5.91 Å². The summed E-state index contributed by atoms with van der Waals surface area (Å²) in [5.41, 5.74) is 1.02. The van der Waals surface area contributed by atoms with E-state index in [1.165, 1.54) is 25.7 Å².